The van der Waals surface area contributed by atoms with Crippen molar-refractivity contribution in [3.8, 4) is 6.07 Å². The van der Waals surface area contributed by atoms with Crippen molar-refractivity contribution in [1.29, 1.82) is 5.26 Å². The number of rotatable bonds is 2. The zero-order valence-corrected chi connectivity index (χ0v) is 12.1. The molecule has 2 aromatic rings. The Bertz CT molecular complexity index is 711. The molecular weight excluding hydrogens is 258 g/mol. The van der Waals surface area contributed by atoms with Crippen molar-refractivity contribution in [1.82, 2.24) is 4.98 Å². The average Bonchev–Trinajstić information content (AvgIpc) is 2.53. The van der Waals surface area contributed by atoms with Gasteiger partial charge in [0.05, 0.1) is 11.3 Å². The Kier molecular flexibility index (Phi) is 3.70. The third kappa shape index (κ3) is 2.80. The first kappa shape index (κ1) is 13.4. The monoisotopic (exact) mass is 275 g/mol. The molecule has 104 valence electrons. The van der Waals surface area contributed by atoms with Gasteiger partial charge in [-0.25, -0.2) is 0 Å². The first-order valence-electron chi connectivity index (χ1n) is 7.15. The summed E-state index contributed by atoms with van der Waals surface area (Å²) in [6, 6.07) is 14.3. The van der Waals surface area contributed by atoms with Crippen LogP contribution < -0.4 is 4.90 Å². The van der Waals surface area contributed by atoms with Crippen LogP contribution >= 0.6 is 0 Å². The number of pyridine rings is 1. The molecule has 0 amide bonds. The summed E-state index contributed by atoms with van der Waals surface area (Å²) in [5, 5.41) is 9.35. The normalized spacial score (nSPS) is 14.5. The highest BCUT2D eigenvalue weighted by Gasteiger charge is 2.13. The van der Waals surface area contributed by atoms with E-state index < -0.39 is 0 Å². The highest BCUT2D eigenvalue weighted by molar-refractivity contribution is 5.88. The van der Waals surface area contributed by atoms with E-state index >= 15 is 0 Å². The third-order valence-electron chi connectivity index (χ3n) is 3.83. The summed E-state index contributed by atoms with van der Waals surface area (Å²) in [4.78, 5) is 6.53. The molecule has 21 heavy (non-hydrogen) atoms. The fourth-order valence-corrected chi connectivity index (χ4v) is 2.75. The van der Waals surface area contributed by atoms with E-state index in [1.165, 1.54) is 17.7 Å². The summed E-state index contributed by atoms with van der Waals surface area (Å²) >= 11 is 0. The molecule has 0 bridgehead atoms. The van der Waals surface area contributed by atoms with Crippen molar-refractivity contribution < 1.29 is 0 Å². The van der Waals surface area contributed by atoms with E-state index in [0.29, 0.717) is 5.57 Å². The molecule has 0 radical (unpaired) electrons. The molecule has 0 atom stereocenters. The van der Waals surface area contributed by atoms with Gasteiger partial charge in [0.1, 0.15) is 6.07 Å². The summed E-state index contributed by atoms with van der Waals surface area (Å²) in [7, 11) is 2.13. The predicted octanol–water partition coefficient (Wildman–Crippen LogP) is 3.53. The Morgan fingerprint density at radius 3 is 3.00 bits per heavy atom. The second kappa shape index (κ2) is 5.80. The number of anilines is 1. The summed E-state index contributed by atoms with van der Waals surface area (Å²) in [5.74, 6) is 0. The topological polar surface area (TPSA) is 39.9 Å². The lowest BCUT2D eigenvalue weighted by Crippen LogP contribution is -2.24. The molecule has 0 fully saturated rings. The highest BCUT2D eigenvalue weighted by Crippen LogP contribution is 2.28. The average molecular weight is 275 g/mol. The maximum atomic E-state index is 9.35. The number of nitrogens with zero attached hydrogens (tertiary/aromatic N) is 3. The number of hydrogen-bond acceptors (Lipinski definition) is 3. The highest BCUT2D eigenvalue weighted by atomic mass is 15.1. The molecule has 0 spiro atoms. The molecule has 1 aromatic carbocycles. The Labute approximate surface area is 125 Å². The van der Waals surface area contributed by atoms with Gasteiger partial charge in [-0.1, -0.05) is 12.1 Å². The number of benzene rings is 1. The van der Waals surface area contributed by atoms with E-state index in [0.717, 1.165) is 24.2 Å². The molecule has 1 aliphatic heterocycles. The van der Waals surface area contributed by atoms with E-state index in [1.54, 1.807) is 6.20 Å². The van der Waals surface area contributed by atoms with Crippen LogP contribution in [0.25, 0.3) is 11.6 Å². The van der Waals surface area contributed by atoms with Crippen molar-refractivity contribution in [3.63, 3.8) is 0 Å². The lowest BCUT2D eigenvalue weighted by molar-refractivity contribution is 0.744. The number of fused-ring (bicyclic) bond motifs is 1. The predicted molar refractivity (Wildman–Crippen MR) is 85.8 cm³/mol. The smallest absolute Gasteiger partial charge is 0.101 e. The Hall–Kier alpha value is -2.60. The molecule has 3 rings (SSSR count). The van der Waals surface area contributed by atoms with Crippen LogP contribution in [0, 0.1) is 11.3 Å². The van der Waals surface area contributed by atoms with Crippen molar-refractivity contribution in [2.75, 3.05) is 18.5 Å². The minimum absolute atomic E-state index is 0.597. The van der Waals surface area contributed by atoms with E-state index in [-0.39, 0.29) is 0 Å². The van der Waals surface area contributed by atoms with Crippen LogP contribution in [0.3, 0.4) is 0 Å². The number of nitriles is 1. The largest absolute Gasteiger partial charge is 0.374 e. The van der Waals surface area contributed by atoms with Crippen LogP contribution in [0.15, 0.2) is 42.6 Å². The van der Waals surface area contributed by atoms with Gasteiger partial charge in [-0.3, -0.25) is 4.98 Å². The molecular formula is C18H17N3. The van der Waals surface area contributed by atoms with Crippen molar-refractivity contribution in [3.05, 3.63) is 59.4 Å². The van der Waals surface area contributed by atoms with E-state index in [2.05, 4.69) is 41.2 Å². The van der Waals surface area contributed by atoms with E-state index in [9.17, 15) is 5.26 Å². The molecule has 0 unspecified atom stereocenters. The molecule has 0 N–H and O–H groups in total. The van der Waals surface area contributed by atoms with Crippen LogP contribution in [0.1, 0.15) is 23.2 Å². The van der Waals surface area contributed by atoms with Crippen molar-refractivity contribution >= 4 is 17.3 Å². The van der Waals surface area contributed by atoms with Crippen molar-refractivity contribution in [2.45, 2.75) is 12.8 Å². The first-order chi connectivity index (χ1) is 10.3. The standard InChI is InChI=1S/C18H17N3/c1-21-10-4-5-15-11-14(7-8-18(15)21)12-16(13-19)17-6-2-3-9-20-17/h2-3,6-9,11-12H,4-5,10H2,1H3/b16-12+. The van der Waals surface area contributed by atoms with Gasteiger partial charge >= 0.3 is 0 Å². The molecule has 0 aliphatic carbocycles. The fraction of sp³-hybridized carbons (Fsp3) is 0.222. The van der Waals surface area contributed by atoms with Gasteiger partial charge < -0.3 is 4.90 Å². The van der Waals surface area contributed by atoms with E-state index in [1.807, 2.05) is 24.3 Å². The molecule has 1 aromatic heterocycles. The van der Waals surface area contributed by atoms with Crippen LogP contribution in [0.5, 0.6) is 0 Å². The third-order valence-corrected chi connectivity index (χ3v) is 3.83. The number of allylic oxidation sites excluding steroid dienone is 1. The van der Waals surface area contributed by atoms with Gasteiger partial charge in [0.2, 0.25) is 0 Å². The molecule has 3 heteroatoms. The van der Waals surface area contributed by atoms with Crippen LogP contribution in [-0.4, -0.2) is 18.6 Å². The zero-order valence-electron chi connectivity index (χ0n) is 12.1. The number of aryl methyl sites for hydroxylation is 1. The zero-order chi connectivity index (χ0) is 14.7. The molecule has 3 nitrogen and oxygen atoms in total. The number of aromatic nitrogens is 1. The second-order valence-corrected chi connectivity index (χ2v) is 5.30. The SMILES string of the molecule is CN1CCCc2cc(/C=C(\C#N)c3ccccn3)ccc21. The molecule has 0 saturated carbocycles. The summed E-state index contributed by atoms with van der Waals surface area (Å²) in [6.07, 6.45) is 5.91. The maximum absolute atomic E-state index is 9.35. The summed E-state index contributed by atoms with van der Waals surface area (Å²) in [5.41, 5.74) is 5.03. The molecule has 0 saturated heterocycles. The lowest BCUT2D eigenvalue weighted by atomic mass is 9.98. The van der Waals surface area contributed by atoms with Crippen LogP contribution in [0.2, 0.25) is 0 Å². The van der Waals surface area contributed by atoms with Crippen LogP contribution in [-0.2, 0) is 6.42 Å². The summed E-state index contributed by atoms with van der Waals surface area (Å²) < 4.78 is 0. The Morgan fingerprint density at radius 1 is 1.33 bits per heavy atom. The molecule has 2 heterocycles. The fourth-order valence-electron chi connectivity index (χ4n) is 2.75. The Morgan fingerprint density at radius 2 is 2.24 bits per heavy atom. The second-order valence-electron chi connectivity index (χ2n) is 5.30. The summed E-state index contributed by atoms with van der Waals surface area (Å²) in [6.45, 7) is 1.11. The molecule has 1 aliphatic rings. The van der Waals surface area contributed by atoms with Crippen molar-refractivity contribution in [2.24, 2.45) is 0 Å². The van der Waals surface area contributed by atoms with Crippen LogP contribution in [0.4, 0.5) is 5.69 Å². The lowest BCUT2D eigenvalue weighted by Gasteiger charge is -2.27. The van der Waals surface area contributed by atoms with Gasteiger partial charge in [-0.15, -0.1) is 0 Å². The van der Waals surface area contributed by atoms with Gasteiger partial charge in [0, 0.05) is 25.5 Å². The van der Waals surface area contributed by atoms with Gasteiger partial charge in [0.15, 0.2) is 0 Å². The quantitative estimate of drug-likeness (QED) is 0.787. The Balaban J connectivity index is 1.97. The van der Waals surface area contributed by atoms with Gasteiger partial charge in [-0.05, 0) is 54.3 Å². The van der Waals surface area contributed by atoms with Gasteiger partial charge in [0.25, 0.3) is 0 Å². The number of hydrogen-bond donors (Lipinski definition) is 0. The first-order valence-corrected chi connectivity index (χ1v) is 7.15. The van der Waals surface area contributed by atoms with E-state index in [4.69, 9.17) is 0 Å². The maximum Gasteiger partial charge on any atom is 0.101 e. The minimum atomic E-state index is 0.597. The van der Waals surface area contributed by atoms with Gasteiger partial charge in [-0.2, -0.15) is 5.26 Å². The minimum Gasteiger partial charge on any atom is -0.374 e.